The zero-order valence-electron chi connectivity index (χ0n) is 17.2. The molecule has 1 aromatic carbocycles. The van der Waals surface area contributed by atoms with Crippen molar-refractivity contribution in [2.75, 3.05) is 39.8 Å². The molecule has 0 aliphatic carbocycles. The summed E-state index contributed by atoms with van der Waals surface area (Å²) in [7, 11) is 1.85. The molecule has 1 aromatic heterocycles. The average Bonchev–Trinajstić information content (AvgIpc) is 3.54. The third-order valence-corrected chi connectivity index (χ3v) is 6.99. The number of nitrogens with one attached hydrogen (secondary N) is 2. The highest BCUT2D eigenvalue weighted by Gasteiger charge is 2.30. The molecule has 0 amide bonds. The maximum atomic E-state index is 6.03. The molecule has 0 bridgehead atoms. The molecule has 2 N–H and O–H groups in total. The van der Waals surface area contributed by atoms with Crippen LogP contribution < -0.4 is 10.6 Å². The van der Waals surface area contributed by atoms with Crippen molar-refractivity contribution in [3.05, 3.63) is 58.3 Å². The topological polar surface area (TPSA) is 48.9 Å². The highest BCUT2D eigenvalue weighted by atomic mass is 32.1. The van der Waals surface area contributed by atoms with Crippen LogP contribution in [0.3, 0.4) is 0 Å². The minimum Gasteiger partial charge on any atom is -0.373 e. The fourth-order valence-electron chi connectivity index (χ4n) is 4.44. The van der Waals surface area contributed by atoms with Gasteiger partial charge in [0.2, 0.25) is 0 Å². The number of aliphatic imine (C=N–C) groups is 1. The van der Waals surface area contributed by atoms with E-state index in [2.05, 4.69) is 68.4 Å². The summed E-state index contributed by atoms with van der Waals surface area (Å²) >= 11 is 1.85. The van der Waals surface area contributed by atoms with Crippen molar-refractivity contribution in [1.82, 2.24) is 15.5 Å². The lowest BCUT2D eigenvalue weighted by Gasteiger charge is -2.28. The molecule has 2 fully saturated rings. The molecule has 0 spiro atoms. The van der Waals surface area contributed by atoms with E-state index < -0.39 is 0 Å². The second-order valence-corrected chi connectivity index (χ2v) is 8.84. The first-order chi connectivity index (χ1) is 14.3. The molecule has 0 radical (unpaired) electrons. The fraction of sp³-hybridized carbons (Fsp3) is 0.522. The second-order valence-electron chi connectivity index (χ2n) is 7.86. The number of guanidine groups is 1. The number of hydrogen-bond donors (Lipinski definition) is 2. The van der Waals surface area contributed by atoms with Crippen molar-refractivity contribution in [3.8, 4) is 0 Å². The molecule has 29 heavy (non-hydrogen) atoms. The SMILES string of the molecule is CN=C(NCC1CCOC1c1ccccc1)NCC(c1cccs1)N1CCCC1. The minimum absolute atomic E-state index is 0.172. The quantitative estimate of drug-likeness (QED) is 0.536. The zero-order valence-corrected chi connectivity index (χ0v) is 18.0. The van der Waals surface area contributed by atoms with Crippen LogP contribution in [0.25, 0.3) is 0 Å². The summed E-state index contributed by atoms with van der Waals surface area (Å²) in [6.45, 7) is 4.95. The molecule has 2 aliphatic heterocycles. The molecule has 156 valence electrons. The maximum absolute atomic E-state index is 6.03. The molecule has 4 rings (SSSR count). The summed E-state index contributed by atoms with van der Waals surface area (Å²) in [5, 5.41) is 9.30. The van der Waals surface area contributed by atoms with Gasteiger partial charge < -0.3 is 15.4 Å². The Morgan fingerprint density at radius 2 is 2.00 bits per heavy atom. The lowest BCUT2D eigenvalue weighted by molar-refractivity contribution is 0.0915. The second kappa shape index (κ2) is 10.2. The monoisotopic (exact) mass is 412 g/mol. The van der Waals surface area contributed by atoms with Crippen LogP contribution in [-0.2, 0) is 4.74 Å². The third-order valence-electron chi connectivity index (χ3n) is 6.01. The predicted molar refractivity (Wildman–Crippen MR) is 120 cm³/mol. The van der Waals surface area contributed by atoms with Gasteiger partial charge in [0, 0.05) is 37.5 Å². The van der Waals surface area contributed by atoms with E-state index in [0.29, 0.717) is 12.0 Å². The van der Waals surface area contributed by atoms with Gasteiger partial charge in [-0.1, -0.05) is 36.4 Å². The molecular formula is C23H32N4OS. The molecule has 6 heteroatoms. The Morgan fingerprint density at radius 1 is 1.17 bits per heavy atom. The van der Waals surface area contributed by atoms with E-state index in [1.807, 2.05) is 18.4 Å². The Kier molecular flexibility index (Phi) is 7.19. The van der Waals surface area contributed by atoms with Crippen LogP contribution in [0.15, 0.2) is 52.8 Å². The molecule has 0 saturated carbocycles. The molecule has 2 aromatic rings. The van der Waals surface area contributed by atoms with Crippen LogP contribution in [0.4, 0.5) is 0 Å². The number of hydrogen-bond acceptors (Lipinski definition) is 4. The molecule has 3 heterocycles. The van der Waals surface area contributed by atoms with Crippen LogP contribution in [-0.4, -0.2) is 50.7 Å². The smallest absolute Gasteiger partial charge is 0.191 e. The van der Waals surface area contributed by atoms with Crippen molar-refractivity contribution >= 4 is 17.3 Å². The fourth-order valence-corrected chi connectivity index (χ4v) is 5.30. The van der Waals surface area contributed by atoms with E-state index in [0.717, 1.165) is 32.1 Å². The normalized spacial score (nSPS) is 24.0. The highest BCUT2D eigenvalue weighted by molar-refractivity contribution is 7.10. The molecule has 3 unspecified atom stereocenters. The van der Waals surface area contributed by atoms with Crippen molar-refractivity contribution < 1.29 is 4.74 Å². The maximum Gasteiger partial charge on any atom is 0.191 e. The highest BCUT2D eigenvalue weighted by Crippen LogP contribution is 2.34. The van der Waals surface area contributed by atoms with Crippen molar-refractivity contribution in [3.63, 3.8) is 0 Å². The summed E-state index contributed by atoms with van der Waals surface area (Å²) in [6, 6.07) is 15.4. The van der Waals surface area contributed by atoms with Gasteiger partial charge in [-0.25, -0.2) is 0 Å². The number of benzene rings is 1. The van der Waals surface area contributed by atoms with Gasteiger partial charge >= 0.3 is 0 Å². The van der Waals surface area contributed by atoms with Gasteiger partial charge in [-0.15, -0.1) is 11.3 Å². The predicted octanol–water partition coefficient (Wildman–Crippen LogP) is 3.83. The van der Waals surface area contributed by atoms with Crippen LogP contribution in [0.2, 0.25) is 0 Å². The third kappa shape index (κ3) is 5.18. The summed E-state index contributed by atoms with van der Waals surface area (Å²) in [6.07, 6.45) is 3.86. The van der Waals surface area contributed by atoms with Gasteiger partial charge in [-0.3, -0.25) is 9.89 Å². The largest absolute Gasteiger partial charge is 0.373 e. The standard InChI is InChI=1S/C23H32N4OS/c1-24-23(25-16-19-11-14-28-22(19)18-8-3-2-4-9-18)26-17-20(21-10-7-15-29-21)27-12-5-6-13-27/h2-4,7-10,15,19-20,22H,5-6,11-14,16-17H2,1H3,(H2,24,25,26). The number of nitrogens with zero attached hydrogens (tertiary/aromatic N) is 2. The molecule has 2 aliphatic rings. The summed E-state index contributed by atoms with van der Waals surface area (Å²) < 4.78 is 6.03. The Morgan fingerprint density at radius 3 is 2.72 bits per heavy atom. The van der Waals surface area contributed by atoms with Gasteiger partial charge in [0.05, 0.1) is 12.1 Å². The molecular weight excluding hydrogens is 380 g/mol. The van der Waals surface area contributed by atoms with Gasteiger partial charge in [-0.2, -0.15) is 0 Å². The molecule has 3 atom stereocenters. The Hall–Kier alpha value is -1.89. The van der Waals surface area contributed by atoms with Crippen LogP contribution >= 0.6 is 11.3 Å². The molecule has 5 nitrogen and oxygen atoms in total. The summed E-state index contributed by atoms with van der Waals surface area (Å²) in [5.74, 6) is 1.34. The number of rotatable bonds is 7. The van der Waals surface area contributed by atoms with Crippen molar-refractivity contribution in [2.45, 2.75) is 31.4 Å². The lowest BCUT2D eigenvalue weighted by Crippen LogP contribution is -2.44. The number of likely N-dealkylation sites (tertiary alicyclic amines) is 1. The van der Waals surface area contributed by atoms with Gasteiger partial charge in [0.25, 0.3) is 0 Å². The number of thiophene rings is 1. The Balaban J connectivity index is 1.32. The van der Waals surface area contributed by atoms with Gasteiger partial charge in [0.1, 0.15) is 0 Å². The van der Waals surface area contributed by atoms with E-state index in [4.69, 9.17) is 4.74 Å². The van der Waals surface area contributed by atoms with Gasteiger partial charge in [0.15, 0.2) is 5.96 Å². The van der Waals surface area contributed by atoms with E-state index in [1.54, 1.807) is 0 Å². The van der Waals surface area contributed by atoms with E-state index in [9.17, 15) is 0 Å². The summed E-state index contributed by atoms with van der Waals surface area (Å²) in [4.78, 5) is 8.50. The molecule has 2 saturated heterocycles. The minimum atomic E-state index is 0.172. The van der Waals surface area contributed by atoms with Crippen LogP contribution in [0.5, 0.6) is 0 Å². The zero-order chi connectivity index (χ0) is 19.9. The lowest BCUT2D eigenvalue weighted by atomic mass is 9.95. The van der Waals surface area contributed by atoms with Crippen molar-refractivity contribution in [2.24, 2.45) is 10.9 Å². The Bertz CT molecular complexity index is 758. The Labute approximate surface area is 178 Å². The first-order valence-corrected chi connectivity index (χ1v) is 11.6. The van der Waals surface area contributed by atoms with E-state index >= 15 is 0 Å². The number of ether oxygens (including phenoxy) is 1. The van der Waals surface area contributed by atoms with Crippen molar-refractivity contribution in [1.29, 1.82) is 0 Å². The van der Waals surface area contributed by atoms with Crippen LogP contribution in [0.1, 0.15) is 41.8 Å². The summed E-state index contributed by atoms with van der Waals surface area (Å²) in [5.41, 5.74) is 1.27. The van der Waals surface area contributed by atoms with E-state index in [1.165, 1.54) is 36.4 Å². The van der Waals surface area contributed by atoms with Crippen LogP contribution in [0, 0.1) is 5.92 Å². The van der Waals surface area contributed by atoms with E-state index in [-0.39, 0.29) is 6.10 Å². The average molecular weight is 413 g/mol. The first kappa shape index (κ1) is 20.4. The first-order valence-electron chi connectivity index (χ1n) is 10.7. The van der Waals surface area contributed by atoms with Gasteiger partial charge in [-0.05, 0) is 49.4 Å².